The largest absolute Gasteiger partial charge is 0.383 e. The molecule has 1 atom stereocenters. The van der Waals surface area contributed by atoms with Crippen molar-refractivity contribution in [2.45, 2.75) is 31.5 Å². The van der Waals surface area contributed by atoms with Crippen molar-refractivity contribution < 1.29 is 9.53 Å². The Bertz CT molecular complexity index is 628. The maximum Gasteiger partial charge on any atom is 0.230 e. The van der Waals surface area contributed by atoms with Gasteiger partial charge in [-0.3, -0.25) is 4.79 Å². The van der Waals surface area contributed by atoms with Crippen LogP contribution in [0.15, 0.2) is 35.5 Å². The first-order valence-corrected chi connectivity index (χ1v) is 8.57. The predicted molar refractivity (Wildman–Crippen MR) is 92.8 cm³/mol. The molecule has 6 heteroatoms. The lowest BCUT2D eigenvalue weighted by Gasteiger charge is -2.11. The molecule has 0 saturated heterocycles. The fourth-order valence-corrected chi connectivity index (χ4v) is 2.99. The van der Waals surface area contributed by atoms with E-state index in [2.05, 4.69) is 27.4 Å². The van der Waals surface area contributed by atoms with E-state index in [1.54, 1.807) is 7.11 Å². The molecular formula is C17H23N3O2S. The first-order chi connectivity index (χ1) is 11.1. The molecule has 1 amide bonds. The number of aromatic amines is 1. The summed E-state index contributed by atoms with van der Waals surface area (Å²) in [6.45, 7) is 4.44. The second-order valence-electron chi connectivity index (χ2n) is 5.49. The van der Waals surface area contributed by atoms with E-state index in [1.807, 2.05) is 32.0 Å². The molecule has 5 nitrogen and oxygen atoms in total. The molecule has 2 N–H and O–H groups in total. The van der Waals surface area contributed by atoms with Gasteiger partial charge in [-0.05, 0) is 19.4 Å². The lowest BCUT2D eigenvalue weighted by molar-refractivity contribution is -0.119. The zero-order valence-corrected chi connectivity index (χ0v) is 14.6. The zero-order valence-electron chi connectivity index (χ0n) is 13.8. The molecular weight excluding hydrogens is 310 g/mol. The van der Waals surface area contributed by atoms with Crippen LogP contribution in [0, 0.1) is 6.92 Å². The fraction of sp³-hybridized carbons (Fsp3) is 0.412. The van der Waals surface area contributed by atoms with E-state index in [-0.39, 0.29) is 11.9 Å². The van der Waals surface area contributed by atoms with Crippen molar-refractivity contribution in [1.82, 2.24) is 15.3 Å². The predicted octanol–water partition coefficient (Wildman–Crippen LogP) is 2.55. The van der Waals surface area contributed by atoms with Crippen LogP contribution in [-0.2, 0) is 16.0 Å². The first-order valence-electron chi connectivity index (χ1n) is 7.59. The number of carbonyl (C=O) groups excluding carboxylic acids is 1. The molecule has 2 aromatic rings. The minimum absolute atomic E-state index is 0.0140. The summed E-state index contributed by atoms with van der Waals surface area (Å²) in [5, 5.41) is 3.67. The summed E-state index contributed by atoms with van der Waals surface area (Å²) in [6.07, 6.45) is 0.792. The van der Waals surface area contributed by atoms with Crippen LogP contribution in [0.4, 0.5) is 0 Å². The van der Waals surface area contributed by atoms with Crippen LogP contribution in [0.25, 0.3) is 0 Å². The Morgan fingerprint density at radius 1 is 1.39 bits per heavy atom. The third kappa shape index (κ3) is 5.73. The number of amides is 1. The van der Waals surface area contributed by atoms with Crippen LogP contribution in [0.2, 0.25) is 0 Å². The minimum Gasteiger partial charge on any atom is -0.383 e. The SMILES string of the molecule is COCC(C)NC(=O)CSc1nc(Cc2ccccc2)c(C)[nH]1. The number of aromatic nitrogens is 2. The van der Waals surface area contributed by atoms with Crippen molar-refractivity contribution in [3.05, 3.63) is 47.3 Å². The molecule has 0 spiro atoms. The van der Waals surface area contributed by atoms with Gasteiger partial charge in [-0.1, -0.05) is 42.1 Å². The van der Waals surface area contributed by atoms with Gasteiger partial charge in [-0.25, -0.2) is 4.98 Å². The average molecular weight is 333 g/mol. The highest BCUT2D eigenvalue weighted by Crippen LogP contribution is 2.18. The van der Waals surface area contributed by atoms with Crippen molar-refractivity contribution in [3.8, 4) is 0 Å². The fourth-order valence-electron chi connectivity index (χ4n) is 2.24. The molecule has 0 radical (unpaired) electrons. The summed E-state index contributed by atoms with van der Waals surface area (Å²) in [5.74, 6) is 0.324. The van der Waals surface area contributed by atoms with E-state index in [0.29, 0.717) is 12.4 Å². The molecule has 1 heterocycles. The van der Waals surface area contributed by atoms with Crippen molar-refractivity contribution in [2.75, 3.05) is 19.5 Å². The van der Waals surface area contributed by atoms with Crippen molar-refractivity contribution in [2.24, 2.45) is 0 Å². The number of hydrogen-bond acceptors (Lipinski definition) is 4. The van der Waals surface area contributed by atoms with E-state index < -0.39 is 0 Å². The van der Waals surface area contributed by atoms with Crippen LogP contribution in [0.1, 0.15) is 23.9 Å². The number of imidazole rings is 1. The number of thioether (sulfide) groups is 1. The van der Waals surface area contributed by atoms with Crippen LogP contribution in [0.3, 0.4) is 0 Å². The quantitative estimate of drug-likeness (QED) is 0.729. The molecule has 0 aliphatic rings. The van der Waals surface area contributed by atoms with E-state index >= 15 is 0 Å². The minimum atomic E-state index is -0.0155. The monoisotopic (exact) mass is 333 g/mol. The number of hydrogen-bond donors (Lipinski definition) is 2. The Kier molecular flexibility index (Phi) is 6.67. The summed E-state index contributed by atoms with van der Waals surface area (Å²) >= 11 is 1.41. The van der Waals surface area contributed by atoms with E-state index in [1.165, 1.54) is 17.3 Å². The van der Waals surface area contributed by atoms with Gasteiger partial charge in [0.15, 0.2) is 5.16 Å². The Morgan fingerprint density at radius 2 is 2.13 bits per heavy atom. The number of H-pyrrole nitrogens is 1. The lowest BCUT2D eigenvalue weighted by Crippen LogP contribution is -2.36. The number of methoxy groups -OCH3 is 1. The smallest absolute Gasteiger partial charge is 0.230 e. The highest BCUT2D eigenvalue weighted by Gasteiger charge is 2.11. The number of rotatable bonds is 8. The molecule has 1 aromatic heterocycles. The highest BCUT2D eigenvalue weighted by molar-refractivity contribution is 7.99. The third-order valence-electron chi connectivity index (χ3n) is 3.34. The second kappa shape index (κ2) is 8.74. The maximum absolute atomic E-state index is 11.9. The Morgan fingerprint density at radius 3 is 2.83 bits per heavy atom. The molecule has 23 heavy (non-hydrogen) atoms. The van der Waals surface area contributed by atoms with Gasteiger partial charge in [0.1, 0.15) is 0 Å². The summed E-state index contributed by atoms with van der Waals surface area (Å²) in [4.78, 5) is 19.7. The lowest BCUT2D eigenvalue weighted by atomic mass is 10.1. The Labute approximate surface area is 141 Å². The number of ether oxygens (including phenoxy) is 1. The van der Waals surface area contributed by atoms with Gasteiger partial charge in [0.25, 0.3) is 0 Å². The van der Waals surface area contributed by atoms with Crippen LogP contribution in [0.5, 0.6) is 0 Å². The number of nitrogens with one attached hydrogen (secondary N) is 2. The maximum atomic E-state index is 11.9. The van der Waals surface area contributed by atoms with Gasteiger partial charge in [0.05, 0.1) is 18.1 Å². The highest BCUT2D eigenvalue weighted by atomic mass is 32.2. The summed E-state index contributed by atoms with van der Waals surface area (Å²) in [6, 6.07) is 10.2. The van der Waals surface area contributed by atoms with Gasteiger partial charge in [0.2, 0.25) is 5.91 Å². The average Bonchev–Trinajstić information content (AvgIpc) is 2.86. The second-order valence-corrected chi connectivity index (χ2v) is 6.45. The van der Waals surface area contributed by atoms with Gasteiger partial charge in [0, 0.05) is 25.3 Å². The normalized spacial score (nSPS) is 12.1. The van der Waals surface area contributed by atoms with Gasteiger partial charge in [-0.2, -0.15) is 0 Å². The van der Waals surface area contributed by atoms with E-state index in [9.17, 15) is 4.79 Å². The summed E-state index contributed by atoms with van der Waals surface area (Å²) in [5.41, 5.74) is 3.29. The molecule has 124 valence electrons. The molecule has 0 aliphatic heterocycles. The summed E-state index contributed by atoms with van der Waals surface area (Å²) < 4.78 is 5.00. The van der Waals surface area contributed by atoms with Crippen molar-refractivity contribution in [3.63, 3.8) is 0 Å². The molecule has 1 aromatic carbocycles. The topological polar surface area (TPSA) is 67.0 Å². The van der Waals surface area contributed by atoms with Crippen molar-refractivity contribution >= 4 is 17.7 Å². The first kappa shape index (κ1) is 17.6. The third-order valence-corrected chi connectivity index (χ3v) is 4.22. The van der Waals surface area contributed by atoms with E-state index in [4.69, 9.17) is 4.74 Å². The van der Waals surface area contributed by atoms with Crippen LogP contribution in [-0.4, -0.2) is 41.4 Å². The molecule has 0 saturated carbocycles. The molecule has 0 bridgehead atoms. The van der Waals surface area contributed by atoms with Crippen LogP contribution >= 0.6 is 11.8 Å². The standard InChI is InChI=1S/C17H23N3O2S/c1-12(10-22-3)18-16(21)11-23-17-19-13(2)15(20-17)9-14-7-5-4-6-8-14/h4-8,12H,9-11H2,1-3H3,(H,18,21)(H,19,20). The zero-order chi connectivity index (χ0) is 16.7. The van der Waals surface area contributed by atoms with Gasteiger partial charge in [-0.15, -0.1) is 0 Å². The Balaban J connectivity index is 1.87. The Hall–Kier alpha value is -1.79. The van der Waals surface area contributed by atoms with Crippen LogP contribution < -0.4 is 5.32 Å². The molecule has 2 rings (SSSR count). The number of benzene rings is 1. The van der Waals surface area contributed by atoms with Gasteiger partial charge < -0.3 is 15.0 Å². The molecule has 0 fully saturated rings. The number of aryl methyl sites for hydroxylation is 1. The summed E-state index contributed by atoms with van der Waals surface area (Å²) in [7, 11) is 1.62. The molecule has 1 unspecified atom stereocenters. The van der Waals surface area contributed by atoms with E-state index in [0.717, 1.165) is 23.0 Å². The van der Waals surface area contributed by atoms with Gasteiger partial charge >= 0.3 is 0 Å². The number of carbonyl (C=O) groups is 1. The molecule has 0 aliphatic carbocycles. The van der Waals surface area contributed by atoms with Crippen molar-refractivity contribution in [1.29, 1.82) is 0 Å². The number of nitrogens with zero attached hydrogens (tertiary/aromatic N) is 1.